The van der Waals surface area contributed by atoms with Gasteiger partial charge in [0.05, 0.1) is 23.7 Å². The number of esters is 1. The van der Waals surface area contributed by atoms with Crippen LogP contribution in [0.15, 0.2) is 24.3 Å². The fraction of sp³-hybridized carbons (Fsp3) is 0.500. The molecule has 1 N–H and O–H groups in total. The van der Waals surface area contributed by atoms with E-state index in [-0.39, 0.29) is 23.5 Å². The van der Waals surface area contributed by atoms with E-state index in [1.807, 2.05) is 6.92 Å². The van der Waals surface area contributed by atoms with E-state index in [2.05, 4.69) is 5.32 Å². The molecule has 1 aromatic carbocycles. The first-order chi connectivity index (χ1) is 9.50. The van der Waals surface area contributed by atoms with Crippen molar-refractivity contribution in [1.29, 1.82) is 0 Å². The lowest BCUT2D eigenvalue weighted by Gasteiger charge is -2.12. The van der Waals surface area contributed by atoms with Gasteiger partial charge in [-0.1, -0.05) is 6.92 Å². The summed E-state index contributed by atoms with van der Waals surface area (Å²) in [5.74, 6) is 0.0844. The monoisotopic (exact) mass is 297 g/mol. The Balaban J connectivity index is 1.93. The van der Waals surface area contributed by atoms with Crippen LogP contribution in [0.4, 0.5) is 5.69 Å². The van der Waals surface area contributed by atoms with Crippen LogP contribution in [0.5, 0.6) is 0 Å². The molecule has 0 radical (unpaired) electrons. The van der Waals surface area contributed by atoms with Crippen molar-refractivity contribution in [2.24, 2.45) is 0 Å². The highest BCUT2D eigenvalue weighted by atomic mass is 32.2. The Hall–Kier alpha value is -1.56. The molecular weight excluding hydrogens is 278 g/mol. The first-order valence-corrected chi connectivity index (χ1v) is 8.56. The van der Waals surface area contributed by atoms with Gasteiger partial charge < -0.3 is 10.1 Å². The van der Waals surface area contributed by atoms with Crippen LogP contribution >= 0.6 is 0 Å². The number of rotatable bonds is 5. The third-order valence-corrected chi connectivity index (χ3v) is 4.93. The van der Waals surface area contributed by atoms with Crippen molar-refractivity contribution < 1.29 is 17.9 Å². The van der Waals surface area contributed by atoms with Gasteiger partial charge in [-0.3, -0.25) is 0 Å². The van der Waals surface area contributed by atoms with E-state index < -0.39 is 9.84 Å². The summed E-state index contributed by atoms with van der Waals surface area (Å²) >= 11 is 0. The summed E-state index contributed by atoms with van der Waals surface area (Å²) in [6.45, 7) is 2.36. The molecule has 1 atom stereocenters. The highest BCUT2D eigenvalue weighted by Crippen LogP contribution is 2.18. The summed E-state index contributed by atoms with van der Waals surface area (Å²) in [5.41, 5.74) is 1.32. The summed E-state index contributed by atoms with van der Waals surface area (Å²) in [7, 11) is -2.88. The molecule has 110 valence electrons. The number of ether oxygens (including phenoxy) is 1. The molecule has 0 aromatic heterocycles. The normalized spacial score (nSPS) is 20.6. The molecule has 5 nitrogen and oxygen atoms in total. The van der Waals surface area contributed by atoms with Crippen molar-refractivity contribution >= 4 is 21.5 Å². The Morgan fingerprint density at radius 1 is 1.35 bits per heavy atom. The molecule has 0 aliphatic carbocycles. The van der Waals surface area contributed by atoms with Gasteiger partial charge in [0.1, 0.15) is 0 Å². The molecule has 2 rings (SSSR count). The molecule has 1 heterocycles. The predicted molar refractivity (Wildman–Crippen MR) is 77.7 cm³/mol. The van der Waals surface area contributed by atoms with E-state index in [0.29, 0.717) is 18.6 Å². The highest BCUT2D eigenvalue weighted by molar-refractivity contribution is 7.91. The number of carbonyl (C=O) groups is 1. The highest BCUT2D eigenvalue weighted by Gasteiger charge is 2.27. The molecule has 1 aromatic rings. The second-order valence-corrected chi connectivity index (χ2v) is 7.19. The van der Waals surface area contributed by atoms with Gasteiger partial charge in [0.15, 0.2) is 9.84 Å². The largest absolute Gasteiger partial charge is 0.462 e. The van der Waals surface area contributed by atoms with Crippen LogP contribution in [0.1, 0.15) is 30.1 Å². The van der Waals surface area contributed by atoms with Gasteiger partial charge in [-0.2, -0.15) is 0 Å². The number of hydrogen-bond donors (Lipinski definition) is 1. The average molecular weight is 297 g/mol. The minimum Gasteiger partial charge on any atom is -0.462 e. The van der Waals surface area contributed by atoms with Crippen molar-refractivity contribution in [3.8, 4) is 0 Å². The van der Waals surface area contributed by atoms with Gasteiger partial charge in [0.2, 0.25) is 0 Å². The van der Waals surface area contributed by atoms with Gasteiger partial charge in [0.25, 0.3) is 0 Å². The first-order valence-electron chi connectivity index (χ1n) is 6.74. The standard InChI is InChI=1S/C14H19NO4S/c1-2-8-19-14(16)11-3-5-12(6-4-11)15-13-7-9-20(17,18)10-13/h3-6,13,15H,2,7-10H2,1H3. The molecular formula is C14H19NO4S. The molecule has 1 aliphatic heterocycles. The smallest absolute Gasteiger partial charge is 0.338 e. The minimum absolute atomic E-state index is 0.0436. The van der Waals surface area contributed by atoms with Crippen molar-refractivity contribution in [1.82, 2.24) is 0 Å². The molecule has 1 unspecified atom stereocenters. The van der Waals surface area contributed by atoms with Gasteiger partial charge >= 0.3 is 5.97 Å². The van der Waals surface area contributed by atoms with Crippen LogP contribution in [0.25, 0.3) is 0 Å². The van der Waals surface area contributed by atoms with Crippen molar-refractivity contribution in [3.63, 3.8) is 0 Å². The lowest BCUT2D eigenvalue weighted by Crippen LogP contribution is -2.20. The van der Waals surface area contributed by atoms with Crippen LogP contribution in [-0.2, 0) is 14.6 Å². The lowest BCUT2D eigenvalue weighted by atomic mass is 10.2. The topological polar surface area (TPSA) is 72.5 Å². The fourth-order valence-electron chi connectivity index (χ4n) is 2.13. The molecule has 0 spiro atoms. The van der Waals surface area contributed by atoms with Crippen LogP contribution in [0.2, 0.25) is 0 Å². The van der Waals surface area contributed by atoms with E-state index in [9.17, 15) is 13.2 Å². The number of nitrogens with one attached hydrogen (secondary N) is 1. The fourth-order valence-corrected chi connectivity index (χ4v) is 3.80. The van der Waals surface area contributed by atoms with Gasteiger partial charge in [-0.15, -0.1) is 0 Å². The maximum atomic E-state index is 11.6. The van der Waals surface area contributed by atoms with E-state index in [0.717, 1.165) is 12.1 Å². The molecule has 1 saturated heterocycles. The maximum Gasteiger partial charge on any atom is 0.338 e. The van der Waals surface area contributed by atoms with Gasteiger partial charge in [0, 0.05) is 11.7 Å². The predicted octanol–water partition coefficient (Wildman–Crippen LogP) is 1.85. The quantitative estimate of drug-likeness (QED) is 0.840. The van der Waals surface area contributed by atoms with Crippen LogP contribution in [0.3, 0.4) is 0 Å². The molecule has 1 fully saturated rings. The van der Waals surface area contributed by atoms with Crippen LogP contribution < -0.4 is 5.32 Å². The number of sulfone groups is 1. The number of carbonyl (C=O) groups excluding carboxylic acids is 1. The van der Waals surface area contributed by atoms with E-state index in [1.54, 1.807) is 24.3 Å². The molecule has 20 heavy (non-hydrogen) atoms. The molecule has 6 heteroatoms. The third-order valence-electron chi connectivity index (χ3n) is 3.16. The van der Waals surface area contributed by atoms with Crippen molar-refractivity contribution in [3.05, 3.63) is 29.8 Å². The summed E-state index contributed by atoms with van der Waals surface area (Å²) in [4.78, 5) is 11.6. The van der Waals surface area contributed by atoms with Crippen LogP contribution in [0, 0.1) is 0 Å². The Labute approximate surface area is 119 Å². The SMILES string of the molecule is CCCOC(=O)c1ccc(NC2CCS(=O)(=O)C2)cc1. The van der Waals surface area contributed by atoms with Gasteiger partial charge in [-0.25, -0.2) is 13.2 Å². The van der Waals surface area contributed by atoms with Crippen molar-refractivity contribution in [2.75, 3.05) is 23.4 Å². The Bertz CT molecular complexity index is 565. The maximum absolute atomic E-state index is 11.6. The summed E-state index contributed by atoms with van der Waals surface area (Å²) in [5, 5.41) is 3.17. The van der Waals surface area contributed by atoms with Crippen molar-refractivity contribution in [2.45, 2.75) is 25.8 Å². The number of hydrogen-bond acceptors (Lipinski definition) is 5. The molecule has 1 aliphatic rings. The summed E-state index contributed by atoms with van der Waals surface area (Å²) in [6, 6.07) is 6.87. The Morgan fingerprint density at radius 3 is 2.60 bits per heavy atom. The molecule has 0 amide bonds. The number of benzene rings is 1. The summed E-state index contributed by atoms with van der Waals surface area (Å²) < 4.78 is 27.8. The van der Waals surface area contributed by atoms with E-state index in [4.69, 9.17) is 4.74 Å². The summed E-state index contributed by atoms with van der Waals surface area (Å²) in [6.07, 6.45) is 1.42. The third kappa shape index (κ3) is 3.96. The zero-order chi connectivity index (χ0) is 14.6. The second-order valence-electron chi connectivity index (χ2n) is 4.96. The molecule has 0 bridgehead atoms. The van der Waals surface area contributed by atoms with Gasteiger partial charge in [-0.05, 0) is 37.1 Å². The van der Waals surface area contributed by atoms with E-state index in [1.165, 1.54) is 0 Å². The number of anilines is 1. The first kappa shape index (κ1) is 14.8. The zero-order valence-electron chi connectivity index (χ0n) is 11.5. The van der Waals surface area contributed by atoms with E-state index >= 15 is 0 Å². The second kappa shape index (κ2) is 6.26. The zero-order valence-corrected chi connectivity index (χ0v) is 12.3. The Kier molecular flexibility index (Phi) is 4.65. The lowest BCUT2D eigenvalue weighted by molar-refractivity contribution is 0.0505. The Morgan fingerprint density at radius 2 is 2.05 bits per heavy atom. The minimum atomic E-state index is -2.88. The average Bonchev–Trinajstić information content (AvgIpc) is 2.76. The van der Waals surface area contributed by atoms with Crippen LogP contribution in [-0.4, -0.2) is 38.5 Å². The molecule has 0 saturated carbocycles.